The molecule has 2 aromatic carbocycles. The number of rotatable bonds is 4. The summed E-state index contributed by atoms with van der Waals surface area (Å²) in [6.07, 6.45) is 4.51. The summed E-state index contributed by atoms with van der Waals surface area (Å²) >= 11 is 0. The van der Waals surface area contributed by atoms with Crippen molar-refractivity contribution < 1.29 is 4.79 Å². The molecule has 1 unspecified atom stereocenters. The molecule has 0 radical (unpaired) electrons. The predicted molar refractivity (Wildman–Crippen MR) is 93.8 cm³/mol. The van der Waals surface area contributed by atoms with Gasteiger partial charge in [-0.3, -0.25) is 4.90 Å². The number of aromatic nitrogens is 2. The number of aromatic amines is 1. The van der Waals surface area contributed by atoms with Crippen molar-refractivity contribution in [3.8, 4) is 0 Å². The highest BCUT2D eigenvalue weighted by Crippen LogP contribution is 2.34. The van der Waals surface area contributed by atoms with Gasteiger partial charge in [0.25, 0.3) is 0 Å². The Morgan fingerprint density at radius 3 is 2.58 bits per heavy atom. The molecule has 0 spiro atoms. The highest BCUT2D eigenvalue weighted by Gasteiger charge is 2.43. The normalized spacial score (nSPS) is 18.3. The van der Waals surface area contributed by atoms with Gasteiger partial charge in [0.1, 0.15) is 5.82 Å². The van der Waals surface area contributed by atoms with Gasteiger partial charge in [-0.2, -0.15) is 0 Å². The average molecular weight is 320 g/mol. The third-order valence-corrected chi connectivity index (χ3v) is 4.84. The zero-order valence-electron chi connectivity index (χ0n) is 13.4. The van der Waals surface area contributed by atoms with Crippen LogP contribution in [0.15, 0.2) is 54.9 Å². The Kier molecular flexibility index (Phi) is 3.88. The van der Waals surface area contributed by atoms with Gasteiger partial charge in [-0.15, -0.1) is 0 Å². The zero-order chi connectivity index (χ0) is 16.4. The second-order valence-electron chi connectivity index (χ2n) is 6.12. The van der Waals surface area contributed by atoms with Gasteiger partial charge in [0, 0.05) is 38.6 Å². The van der Waals surface area contributed by atoms with E-state index in [1.165, 1.54) is 5.39 Å². The van der Waals surface area contributed by atoms with E-state index in [9.17, 15) is 4.79 Å². The number of H-pyrrole nitrogens is 1. The minimum atomic E-state index is -0.879. The van der Waals surface area contributed by atoms with Crippen molar-refractivity contribution in [1.29, 1.82) is 0 Å². The van der Waals surface area contributed by atoms with Crippen LogP contribution in [0.2, 0.25) is 0 Å². The molecule has 0 aliphatic carbocycles. The monoisotopic (exact) mass is 320 g/mol. The molecule has 1 fully saturated rings. The lowest BCUT2D eigenvalue weighted by atomic mass is 9.86. The predicted octanol–water partition coefficient (Wildman–Crippen LogP) is 1.91. The highest BCUT2D eigenvalue weighted by atomic mass is 16.1. The Morgan fingerprint density at radius 1 is 1.08 bits per heavy atom. The van der Waals surface area contributed by atoms with Gasteiger partial charge in [0.2, 0.25) is 0 Å². The number of imidazole rings is 1. The summed E-state index contributed by atoms with van der Waals surface area (Å²) in [7, 11) is 0. The number of nitrogens with zero attached hydrogens (tertiary/aromatic N) is 2. The Bertz CT molecular complexity index is 839. The number of fused-ring (bicyclic) bond motifs is 1. The Hall–Kier alpha value is -2.50. The fourth-order valence-electron chi connectivity index (χ4n) is 3.59. The van der Waals surface area contributed by atoms with Crippen molar-refractivity contribution in [2.45, 2.75) is 5.54 Å². The number of aldehydes is 1. The van der Waals surface area contributed by atoms with Crippen LogP contribution in [0.1, 0.15) is 11.4 Å². The van der Waals surface area contributed by atoms with Crippen molar-refractivity contribution >= 4 is 17.1 Å². The molecule has 1 atom stereocenters. The molecule has 0 amide bonds. The fraction of sp³-hybridized carbons (Fsp3) is 0.263. The smallest absolute Gasteiger partial charge is 0.161 e. The van der Waals surface area contributed by atoms with Crippen LogP contribution >= 0.6 is 0 Å². The summed E-state index contributed by atoms with van der Waals surface area (Å²) in [5.74, 6) is 0.676. The van der Waals surface area contributed by atoms with Crippen LogP contribution < -0.4 is 5.32 Å². The standard InChI is InChI=1S/C19H20N4O/c24-14-19(18-21-7-8-22-18,23-11-9-20-10-12-23)17-6-5-15-3-1-2-4-16(15)13-17/h1-8,13-14,20H,9-12H2,(H,21,22). The maximum absolute atomic E-state index is 12.4. The van der Waals surface area contributed by atoms with E-state index < -0.39 is 5.54 Å². The third kappa shape index (κ3) is 2.33. The van der Waals surface area contributed by atoms with Crippen LogP contribution in [-0.4, -0.2) is 47.3 Å². The van der Waals surface area contributed by atoms with Gasteiger partial charge in [-0.25, -0.2) is 4.98 Å². The molecule has 2 N–H and O–H groups in total. The Balaban J connectivity index is 1.91. The molecular weight excluding hydrogens is 300 g/mol. The first kappa shape index (κ1) is 15.1. The van der Waals surface area contributed by atoms with Crippen molar-refractivity contribution in [3.05, 3.63) is 66.2 Å². The topological polar surface area (TPSA) is 61.0 Å². The van der Waals surface area contributed by atoms with E-state index in [2.05, 4.69) is 44.5 Å². The fourth-order valence-corrected chi connectivity index (χ4v) is 3.59. The molecule has 4 rings (SSSR count). The number of benzene rings is 2. The molecule has 122 valence electrons. The first-order chi connectivity index (χ1) is 11.8. The molecule has 1 aliphatic heterocycles. The van der Waals surface area contributed by atoms with Crippen LogP contribution in [0, 0.1) is 0 Å². The van der Waals surface area contributed by atoms with Gasteiger partial charge in [-0.05, 0) is 22.4 Å². The van der Waals surface area contributed by atoms with Gasteiger partial charge >= 0.3 is 0 Å². The lowest BCUT2D eigenvalue weighted by molar-refractivity contribution is -0.117. The largest absolute Gasteiger partial charge is 0.346 e. The number of carbonyl (C=O) groups is 1. The first-order valence-electron chi connectivity index (χ1n) is 8.26. The van der Waals surface area contributed by atoms with Crippen molar-refractivity contribution in [3.63, 3.8) is 0 Å². The summed E-state index contributed by atoms with van der Waals surface area (Å²) in [6, 6.07) is 14.4. The molecule has 1 saturated heterocycles. The van der Waals surface area contributed by atoms with E-state index >= 15 is 0 Å². The van der Waals surface area contributed by atoms with E-state index in [1.807, 2.05) is 18.2 Å². The van der Waals surface area contributed by atoms with E-state index in [0.29, 0.717) is 5.82 Å². The molecule has 5 nitrogen and oxygen atoms in total. The van der Waals surface area contributed by atoms with Crippen LogP contribution in [0.3, 0.4) is 0 Å². The van der Waals surface area contributed by atoms with Gasteiger partial charge < -0.3 is 15.1 Å². The SMILES string of the molecule is O=CC(c1ccc2ccccc2c1)(c1ncc[nH]1)N1CCNCC1. The summed E-state index contributed by atoms with van der Waals surface area (Å²) in [6.45, 7) is 3.33. The van der Waals surface area contributed by atoms with Crippen molar-refractivity contribution in [1.82, 2.24) is 20.2 Å². The maximum atomic E-state index is 12.4. The summed E-state index contributed by atoms with van der Waals surface area (Å²) in [5.41, 5.74) is 0.0726. The van der Waals surface area contributed by atoms with Crippen molar-refractivity contribution in [2.24, 2.45) is 0 Å². The average Bonchev–Trinajstić information content (AvgIpc) is 3.19. The van der Waals surface area contributed by atoms with Gasteiger partial charge in [0.05, 0.1) is 0 Å². The third-order valence-electron chi connectivity index (χ3n) is 4.84. The van der Waals surface area contributed by atoms with Crippen LogP contribution in [0.25, 0.3) is 10.8 Å². The van der Waals surface area contributed by atoms with E-state index in [0.717, 1.165) is 43.4 Å². The second kappa shape index (κ2) is 6.19. The highest BCUT2D eigenvalue weighted by molar-refractivity contribution is 5.85. The van der Waals surface area contributed by atoms with Crippen LogP contribution in [0.5, 0.6) is 0 Å². The number of hydrogen-bond acceptors (Lipinski definition) is 4. The molecule has 1 aromatic heterocycles. The number of nitrogens with one attached hydrogen (secondary N) is 2. The van der Waals surface area contributed by atoms with Gasteiger partial charge in [-0.1, -0.05) is 36.4 Å². The molecular formula is C19H20N4O. The van der Waals surface area contributed by atoms with E-state index in [-0.39, 0.29) is 0 Å². The Labute approximate surface area is 140 Å². The van der Waals surface area contributed by atoms with E-state index in [4.69, 9.17) is 0 Å². The number of carbonyl (C=O) groups excluding carboxylic acids is 1. The summed E-state index contributed by atoms with van der Waals surface area (Å²) < 4.78 is 0. The van der Waals surface area contributed by atoms with Crippen molar-refractivity contribution in [2.75, 3.05) is 26.2 Å². The minimum Gasteiger partial charge on any atom is -0.346 e. The second-order valence-corrected chi connectivity index (χ2v) is 6.12. The molecule has 24 heavy (non-hydrogen) atoms. The molecule has 0 saturated carbocycles. The minimum absolute atomic E-state index is 0.676. The molecule has 2 heterocycles. The molecule has 1 aliphatic rings. The molecule has 3 aromatic rings. The lowest BCUT2D eigenvalue weighted by Gasteiger charge is -2.41. The molecule has 5 heteroatoms. The number of hydrogen-bond donors (Lipinski definition) is 2. The summed E-state index contributed by atoms with van der Waals surface area (Å²) in [4.78, 5) is 22.3. The van der Waals surface area contributed by atoms with Crippen LogP contribution in [0.4, 0.5) is 0 Å². The first-order valence-corrected chi connectivity index (χ1v) is 8.26. The van der Waals surface area contributed by atoms with Gasteiger partial charge in [0.15, 0.2) is 11.8 Å². The number of piperazine rings is 1. The maximum Gasteiger partial charge on any atom is 0.161 e. The van der Waals surface area contributed by atoms with Crippen LogP contribution in [-0.2, 0) is 10.3 Å². The van der Waals surface area contributed by atoms with E-state index in [1.54, 1.807) is 12.4 Å². The lowest BCUT2D eigenvalue weighted by Crippen LogP contribution is -2.56. The summed E-state index contributed by atoms with van der Waals surface area (Å²) in [5, 5.41) is 5.64. The quantitative estimate of drug-likeness (QED) is 0.721. The Morgan fingerprint density at radius 2 is 1.88 bits per heavy atom. The zero-order valence-corrected chi connectivity index (χ0v) is 13.4. The molecule has 0 bridgehead atoms.